The Kier molecular flexibility index (Phi) is 5.15. The molecule has 2 nitrogen and oxygen atoms in total. The van der Waals surface area contributed by atoms with Gasteiger partial charge in [0.15, 0.2) is 0 Å². The summed E-state index contributed by atoms with van der Waals surface area (Å²) in [4.78, 5) is 11.6. The lowest BCUT2D eigenvalue weighted by atomic mass is 10.2. The Balaban J connectivity index is 4.85. The monoisotopic (exact) mass is 247 g/mol. The second-order valence-corrected chi connectivity index (χ2v) is 3.36. The van der Waals surface area contributed by atoms with Crippen LogP contribution < -0.4 is 0 Å². The molecule has 0 aliphatic rings. The van der Waals surface area contributed by atoms with E-state index < -0.39 is 18.0 Å². The predicted molar refractivity (Wildman–Crippen MR) is 48.2 cm³/mol. The Hall–Kier alpha value is -0.880. The largest absolute Gasteiger partial charge is 0.463 e. The first kappa shape index (κ1) is 15.1. The molecule has 0 fully saturated rings. The Morgan fingerprint density at radius 3 is 1.62 bits per heavy atom. The van der Waals surface area contributed by atoms with E-state index in [1.165, 1.54) is 0 Å². The number of nitrogens with zero attached hydrogens (tertiary/aromatic N) is 1. The molecule has 0 aromatic carbocycles. The quantitative estimate of drug-likeness (QED) is 0.684. The maximum atomic E-state index is 12.7. The van der Waals surface area contributed by atoms with Crippen molar-refractivity contribution in [3.63, 3.8) is 0 Å². The summed E-state index contributed by atoms with van der Waals surface area (Å²) in [7, 11) is 0. The van der Waals surface area contributed by atoms with Crippen LogP contribution in [0.4, 0.5) is 22.0 Å². The summed E-state index contributed by atoms with van der Waals surface area (Å²) in [5, 5.41) is 0. The normalized spacial score (nSPS) is 12.7. The SMILES string of the molecule is CCCN(CCC)C(=O)C(F)(F)C(F)(F)F. The van der Waals surface area contributed by atoms with Crippen molar-refractivity contribution in [2.45, 2.75) is 38.8 Å². The van der Waals surface area contributed by atoms with Crippen LogP contribution in [0.5, 0.6) is 0 Å². The van der Waals surface area contributed by atoms with Gasteiger partial charge >= 0.3 is 18.0 Å². The summed E-state index contributed by atoms with van der Waals surface area (Å²) in [5.74, 6) is -7.46. The van der Waals surface area contributed by atoms with Crippen LogP contribution in [0, 0.1) is 0 Å². The Morgan fingerprint density at radius 1 is 1.00 bits per heavy atom. The van der Waals surface area contributed by atoms with Crippen molar-refractivity contribution < 1.29 is 26.7 Å². The number of amides is 1. The van der Waals surface area contributed by atoms with Gasteiger partial charge in [-0.05, 0) is 12.8 Å². The van der Waals surface area contributed by atoms with E-state index in [4.69, 9.17) is 0 Å². The second kappa shape index (κ2) is 5.45. The van der Waals surface area contributed by atoms with Gasteiger partial charge in [-0.25, -0.2) is 0 Å². The summed E-state index contributed by atoms with van der Waals surface area (Å²) in [6, 6.07) is 0. The highest BCUT2D eigenvalue weighted by Gasteiger charge is 2.64. The molecule has 0 aromatic heterocycles. The third kappa shape index (κ3) is 3.31. The fourth-order valence-corrected chi connectivity index (χ4v) is 1.17. The van der Waals surface area contributed by atoms with E-state index in [1.807, 2.05) is 0 Å². The average molecular weight is 247 g/mol. The summed E-state index contributed by atoms with van der Waals surface area (Å²) >= 11 is 0. The minimum atomic E-state index is -5.83. The van der Waals surface area contributed by atoms with Gasteiger partial charge < -0.3 is 4.90 Å². The number of halogens is 5. The van der Waals surface area contributed by atoms with Crippen molar-refractivity contribution in [1.29, 1.82) is 0 Å². The first-order valence-corrected chi connectivity index (χ1v) is 4.92. The molecule has 0 N–H and O–H groups in total. The average Bonchev–Trinajstić information content (AvgIpc) is 2.14. The number of hydrogen-bond donors (Lipinski definition) is 0. The van der Waals surface area contributed by atoms with Crippen LogP contribution in [0.3, 0.4) is 0 Å². The lowest BCUT2D eigenvalue weighted by Crippen LogP contribution is -2.52. The van der Waals surface area contributed by atoms with E-state index >= 15 is 0 Å². The van der Waals surface area contributed by atoms with Crippen molar-refractivity contribution in [1.82, 2.24) is 4.90 Å². The highest BCUT2D eigenvalue weighted by Crippen LogP contribution is 2.36. The molecule has 0 aliphatic carbocycles. The third-order valence-corrected chi connectivity index (χ3v) is 1.90. The van der Waals surface area contributed by atoms with Crippen molar-refractivity contribution in [3.8, 4) is 0 Å². The Bertz CT molecular complexity index is 233. The first-order valence-electron chi connectivity index (χ1n) is 4.92. The van der Waals surface area contributed by atoms with E-state index in [0.29, 0.717) is 17.7 Å². The fourth-order valence-electron chi connectivity index (χ4n) is 1.17. The zero-order valence-electron chi connectivity index (χ0n) is 9.07. The summed E-state index contributed by atoms with van der Waals surface area (Å²) in [6.07, 6.45) is -5.16. The van der Waals surface area contributed by atoms with Crippen LogP contribution in [-0.2, 0) is 4.79 Å². The molecular formula is C9H14F5NO. The van der Waals surface area contributed by atoms with Gasteiger partial charge in [0.05, 0.1) is 0 Å². The number of alkyl halides is 5. The van der Waals surface area contributed by atoms with Crippen molar-refractivity contribution >= 4 is 5.91 Å². The van der Waals surface area contributed by atoms with Crippen molar-refractivity contribution in [2.24, 2.45) is 0 Å². The topological polar surface area (TPSA) is 20.3 Å². The molecule has 0 saturated heterocycles. The third-order valence-electron chi connectivity index (χ3n) is 1.90. The molecule has 0 saturated carbocycles. The lowest BCUT2D eigenvalue weighted by molar-refractivity contribution is -0.274. The molecule has 0 radical (unpaired) electrons. The highest BCUT2D eigenvalue weighted by molar-refractivity contribution is 5.84. The molecule has 1 amide bonds. The molecule has 0 bridgehead atoms. The van der Waals surface area contributed by atoms with E-state index in [0.717, 1.165) is 0 Å². The van der Waals surface area contributed by atoms with Crippen molar-refractivity contribution in [3.05, 3.63) is 0 Å². The van der Waals surface area contributed by atoms with Gasteiger partial charge in [0.2, 0.25) is 0 Å². The van der Waals surface area contributed by atoms with E-state index in [1.54, 1.807) is 13.8 Å². The Labute approximate surface area is 90.4 Å². The fraction of sp³-hybridized carbons (Fsp3) is 0.889. The zero-order valence-corrected chi connectivity index (χ0v) is 9.07. The first-order chi connectivity index (χ1) is 7.18. The van der Waals surface area contributed by atoms with Gasteiger partial charge in [0.1, 0.15) is 0 Å². The van der Waals surface area contributed by atoms with Crippen LogP contribution in [0.2, 0.25) is 0 Å². The van der Waals surface area contributed by atoms with Crippen LogP contribution in [-0.4, -0.2) is 36.0 Å². The van der Waals surface area contributed by atoms with Gasteiger partial charge in [0.25, 0.3) is 0 Å². The molecule has 0 atom stereocenters. The number of rotatable bonds is 5. The number of carbonyl (C=O) groups excluding carboxylic acids is 1. The second-order valence-electron chi connectivity index (χ2n) is 3.36. The summed E-state index contributed by atoms with van der Waals surface area (Å²) < 4.78 is 61.2. The molecule has 0 unspecified atom stereocenters. The van der Waals surface area contributed by atoms with Crippen LogP contribution in [0.1, 0.15) is 26.7 Å². The molecule has 16 heavy (non-hydrogen) atoms. The molecule has 0 aliphatic heterocycles. The maximum absolute atomic E-state index is 12.7. The Morgan fingerprint density at radius 2 is 1.38 bits per heavy atom. The minimum Gasteiger partial charge on any atom is -0.337 e. The molecular weight excluding hydrogens is 233 g/mol. The van der Waals surface area contributed by atoms with Gasteiger partial charge in [-0.15, -0.1) is 0 Å². The number of hydrogen-bond acceptors (Lipinski definition) is 1. The highest BCUT2D eigenvalue weighted by atomic mass is 19.4. The van der Waals surface area contributed by atoms with Crippen molar-refractivity contribution in [2.75, 3.05) is 13.1 Å². The standard InChI is InChI=1S/C9H14F5NO/c1-3-5-15(6-4-2)7(16)8(10,11)9(12,13)14/h3-6H2,1-2H3. The van der Waals surface area contributed by atoms with Crippen LogP contribution in [0.25, 0.3) is 0 Å². The summed E-state index contributed by atoms with van der Waals surface area (Å²) in [5.41, 5.74) is 0. The van der Waals surface area contributed by atoms with Gasteiger partial charge in [-0.2, -0.15) is 22.0 Å². The van der Waals surface area contributed by atoms with Crippen LogP contribution >= 0.6 is 0 Å². The molecule has 0 rings (SSSR count). The van der Waals surface area contributed by atoms with E-state index in [2.05, 4.69) is 0 Å². The van der Waals surface area contributed by atoms with Crippen LogP contribution in [0.15, 0.2) is 0 Å². The lowest BCUT2D eigenvalue weighted by Gasteiger charge is -2.27. The summed E-state index contributed by atoms with van der Waals surface area (Å²) in [6.45, 7) is 3.00. The van der Waals surface area contributed by atoms with Gasteiger partial charge in [0, 0.05) is 13.1 Å². The van der Waals surface area contributed by atoms with E-state index in [9.17, 15) is 26.7 Å². The molecule has 0 heterocycles. The zero-order chi connectivity index (χ0) is 13.0. The molecule has 7 heteroatoms. The molecule has 0 aromatic rings. The number of carbonyl (C=O) groups is 1. The predicted octanol–water partition coefficient (Wildman–Crippen LogP) is 2.83. The molecule has 96 valence electrons. The molecule has 0 spiro atoms. The minimum absolute atomic E-state index is 0.0989. The van der Waals surface area contributed by atoms with Gasteiger partial charge in [-0.3, -0.25) is 4.79 Å². The van der Waals surface area contributed by atoms with E-state index in [-0.39, 0.29) is 13.1 Å². The van der Waals surface area contributed by atoms with Gasteiger partial charge in [-0.1, -0.05) is 13.8 Å². The maximum Gasteiger partial charge on any atom is 0.463 e. The smallest absolute Gasteiger partial charge is 0.337 e.